The molecular formula is C11H15N3O. The van der Waals surface area contributed by atoms with E-state index in [4.69, 9.17) is 5.26 Å². The third-order valence-electron chi connectivity index (χ3n) is 1.54. The Kier molecular flexibility index (Phi) is 5.72. The van der Waals surface area contributed by atoms with Crippen LogP contribution in [-0.2, 0) is 11.8 Å². The van der Waals surface area contributed by atoms with E-state index in [1.807, 2.05) is 19.9 Å². The third kappa shape index (κ3) is 4.23. The summed E-state index contributed by atoms with van der Waals surface area (Å²) in [6.45, 7) is 5.37. The lowest BCUT2D eigenvalue weighted by atomic mass is 10.1. The van der Waals surface area contributed by atoms with E-state index in [-0.39, 0.29) is 11.4 Å². The van der Waals surface area contributed by atoms with Crippen LogP contribution in [0.25, 0.3) is 6.08 Å². The van der Waals surface area contributed by atoms with Gasteiger partial charge in [0.05, 0.1) is 11.8 Å². The Morgan fingerprint density at radius 2 is 2.20 bits per heavy atom. The van der Waals surface area contributed by atoms with Crippen LogP contribution in [0, 0.1) is 11.3 Å². The number of nitrogens with zero attached hydrogens (tertiary/aromatic N) is 3. The summed E-state index contributed by atoms with van der Waals surface area (Å²) in [5.41, 5.74) is 0.905. The number of ketones is 1. The first-order valence-electron chi connectivity index (χ1n) is 4.75. The second kappa shape index (κ2) is 6.55. The molecule has 80 valence electrons. The smallest absolute Gasteiger partial charge is 0.170 e. The van der Waals surface area contributed by atoms with Crippen LogP contribution in [0.1, 0.15) is 26.3 Å². The molecule has 0 aliphatic rings. The molecule has 0 aliphatic heterocycles. The Hall–Kier alpha value is -1.89. The van der Waals surface area contributed by atoms with E-state index in [1.54, 1.807) is 24.1 Å². The fourth-order valence-corrected chi connectivity index (χ4v) is 0.894. The average molecular weight is 205 g/mol. The van der Waals surface area contributed by atoms with Crippen molar-refractivity contribution in [2.24, 2.45) is 7.05 Å². The van der Waals surface area contributed by atoms with E-state index in [9.17, 15) is 4.79 Å². The number of aromatic nitrogens is 2. The Bertz CT molecular complexity index is 396. The Morgan fingerprint density at radius 1 is 1.60 bits per heavy atom. The summed E-state index contributed by atoms with van der Waals surface area (Å²) in [5, 5.41) is 12.5. The van der Waals surface area contributed by atoms with E-state index in [1.165, 1.54) is 13.0 Å². The molecule has 0 atom stereocenters. The zero-order valence-corrected chi connectivity index (χ0v) is 9.48. The van der Waals surface area contributed by atoms with E-state index in [0.717, 1.165) is 5.56 Å². The van der Waals surface area contributed by atoms with Crippen molar-refractivity contribution in [3.8, 4) is 6.07 Å². The van der Waals surface area contributed by atoms with Crippen molar-refractivity contribution in [3.05, 3.63) is 23.5 Å². The number of rotatable bonds is 2. The first-order valence-corrected chi connectivity index (χ1v) is 4.75. The van der Waals surface area contributed by atoms with Gasteiger partial charge < -0.3 is 0 Å². The summed E-state index contributed by atoms with van der Waals surface area (Å²) >= 11 is 0. The van der Waals surface area contributed by atoms with Gasteiger partial charge in [-0.15, -0.1) is 0 Å². The highest BCUT2D eigenvalue weighted by atomic mass is 16.1. The van der Waals surface area contributed by atoms with Gasteiger partial charge in [-0.3, -0.25) is 9.48 Å². The molecule has 0 amide bonds. The summed E-state index contributed by atoms with van der Waals surface area (Å²) in [6, 6.07) is 1.83. The van der Waals surface area contributed by atoms with Crippen molar-refractivity contribution in [1.29, 1.82) is 5.26 Å². The van der Waals surface area contributed by atoms with Gasteiger partial charge in [0.25, 0.3) is 0 Å². The molecule has 4 heteroatoms. The number of aryl methyl sites for hydroxylation is 1. The molecule has 0 bridgehead atoms. The van der Waals surface area contributed by atoms with Gasteiger partial charge in [0.2, 0.25) is 0 Å². The van der Waals surface area contributed by atoms with Crippen LogP contribution in [0.15, 0.2) is 18.0 Å². The van der Waals surface area contributed by atoms with Crippen LogP contribution < -0.4 is 0 Å². The average Bonchev–Trinajstić information content (AvgIpc) is 2.63. The molecule has 0 aliphatic carbocycles. The Morgan fingerprint density at radius 3 is 2.53 bits per heavy atom. The number of carbonyl (C=O) groups excluding carboxylic acids is 1. The number of Topliss-reactive ketones (excluding diaryl/α,β-unsaturated/α-hetero) is 1. The van der Waals surface area contributed by atoms with Crippen molar-refractivity contribution < 1.29 is 4.79 Å². The molecule has 1 rings (SSSR count). The van der Waals surface area contributed by atoms with Crippen LogP contribution in [0.3, 0.4) is 0 Å². The summed E-state index contributed by atoms with van der Waals surface area (Å²) < 4.78 is 1.61. The number of carbonyl (C=O) groups is 1. The minimum Gasteiger partial charge on any atom is -0.294 e. The van der Waals surface area contributed by atoms with Crippen LogP contribution >= 0.6 is 0 Å². The molecule has 15 heavy (non-hydrogen) atoms. The minimum absolute atomic E-state index is 0.146. The number of nitriles is 1. The third-order valence-corrected chi connectivity index (χ3v) is 1.54. The summed E-state index contributed by atoms with van der Waals surface area (Å²) in [5.74, 6) is -0.230. The normalized spacial score (nSPS) is 9.93. The van der Waals surface area contributed by atoms with Gasteiger partial charge in [-0.1, -0.05) is 13.8 Å². The van der Waals surface area contributed by atoms with E-state index >= 15 is 0 Å². The van der Waals surface area contributed by atoms with Crippen molar-refractivity contribution in [3.63, 3.8) is 0 Å². The quantitative estimate of drug-likeness (QED) is 0.547. The zero-order chi connectivity index (χ0) is 11.8. The molecule has 0 radical (unpaired) electrons. The van der Waals surface area contributed by atoms with Gasteiger partial charge in [0.1, 0.15) is 6.07 Å². The standard InChI is InChI=1S/C9H9N3O.C2H6/c1-7(13)9(4-10)3-8-5-11-12(2)6-8;1-2/h3,5-6H,1-2H3;1-2H3/b9-3+;. The SMILES string of the molecule is CC.CC(=O)/C(C#N)=C/c1cnn(C)c1. The molecule has 0 fully saturated rings. The molecule has 1 heterocycles. The lowest BCUT2D eigenvalue weighted by Crippen LogP contribution is -1.92. The number of hydrogen-bond donors (Lipinski definition) is 0. The summed E-state index contributed by atoms with van der Waals surface area (Å²) in [6.07, 6.45) is 4.86. The second-order valence-corrected chi connectivity index (χ2v) is 2.67. The highest BCUT2D eigenvalue weighted by molar-refractivity contribution is 6.01. The molecule has 1 aromatic heterocycles. The molecule has 0 saturated heterocycles. The molecule has 0 spiro atoms. The monoisotopic (exact) mass is 205 g/mol. The van der Waals surface area contributed by atoms with Gasteiger partial charge in [-0.05, 0) is 13.0 Å². The van der Waals surface area contributed by atoms with Crippen LogP contribution in [0.2, 0.25) is 0 Å². The van der Waals surface area contributed by atoms with Gasteiger partial charge in [0, 0.05) is 18.8 Å². The second-order valence-electron chi connectivity index (χ2n) is 2.67. The zero-order valence-electron chi connectivity index (χ0n) is 9.48. The maximum absolute atomic E-state index is 10.9. The van der Waals surface area contributed by atoms with Crippen molar-refractivity contribution in [2.75, 3.05) is 0 Å². The number of allylic oxidation sites excluding steroid dienone is 1. The topological polar surface area (TPSA) is 58.7 Å². The Labute approximate surface area is 89.8 Å². The highest BCUT2D eigenvalue weighted by Gasteiger charge is 2.02. The largest absolute Gasteiger partial charge is 0.294 e. The van der Waals surface area contributed by atoms with Crippen LogP contribution in [0.4, 0.5) is 0 Å². The number of hydrogen-bond acceptors (Lipinski definition) is 3. The summed E-state index contributed by atoms with van der Waals surface area (Å²) in [7, 11) is 1.77. The molecule has 0 aromatic carbocycles. The molecular weight excluding hydrogens is 190 g/mol. The predicted molar refractivity (Wildman–Crippen MR) is 58.8 cm³/mol. The fraction of sp³-hybridized carbons (Fsp3) is 0.364. The maximum atomic E-state index is 10.9. The maximum Gasteiger partial charge on any atom is 0.170 e. The van der Waals surface area contributed by atoms with Crippen molar-refractivity contribution >= 4 is 11.9 Å². The lowest BCUT2D eigenvalue weighted by molar-refractivity contribution is -0.113. The summed E-state index contributed by atoms with van der Waals surface area (Å²) in [4.78, 5) is 10.9. The highest BCUT2D eigenvalue weighted by Crippen LogP contribution is 2.05. The molecule has 4 nitrogen and oxygen atoms in total. The molecule has 0 unspecified atom stereocenters. The van der Waals surface area contributed by atoms with Gasteiger partial charge in [0.15, 0.2) is 5.78 Å². The van der Waals surface area contributed by atoms with Crippen LogP contribution in [0.5, 0.6) is 0 Å². The minimum atomic E-state index is -0.230. The van der Waals surface area contributed by atoms with Crippen LogP contribution in [-0.4, -0.2) is 15.6 Å². The lowest BCUT2D eigenvalue weighted by Gasteiger charge is -1.88. The van der Waals surface area contributed by atoms with Gasteiger partial charge >= 0.3 is 0 Å². The van der Waals surface area contributed by atoms with Gasteiger partial charge in [-0.25, -0.2) is 0 Å². The first-order chi connectivity index (χ1) is 7.13. The van der Waals surface area contributed by atoms with E-state index in [2.05, 4.69) is 5.10 Å². The van der Waals surface area contributed by atoms with E-state index in [0.29, 0.717) is 0 Å². The molecule has 1 aromatic rings. The first kappa shape index (κ1) is 13.1. The molecule has 0 N–H and O–H groups in total. The fourth-order valence-electron chi connectivity index (χ4n) is 0.894. The van der Waals surface area contributed by atoms with Crippen molar-refractivity contribution in [1.82, 2.24) is 9.78 Å². The van der Waals surface area contributed by atoms with E-state index < -0.39 is 0 Å². The molecule has 0 saturated carbocycles. The predicted octanol–water partition coefficient (Wildman–Crippen LogP) is 1.94. The Balaban J connectivity index is 0.000000921. The van der Waals surface area contributed by atoms with Crippen molar-refractivity contribution in [2.45, 2.75) is 20.8 Å². The van der Waals surface area contributed by atoms with Gasteiger partial charge in [-0.2, -0.15) is 10.4 Å².